The van der Waals surface area contributed by atoms with Crippen LogP contribution in [-0.4, -0.2) is 31.2 Å². The third-order valence-electron chi connectivity index (χ3n) is 3.88. The maximum Gasteiger partial charge on any atom is 0.251 e. The van der Waals surface area contributed by atoms with Crippen LogP contribution in [0.15, 0.2) is 18.2 Å². The van der Waals surface area contributed by atoms with E-state index >= 15 is 0 Å². The number of benzene rings is 1. The molecule has 1 aromatic rings. The first-order chi connectivity index (χ1) is 10.1. The fourth-order valence-electron chi connectivity index (χ4n) is 2.53. The van der Waals surface area contributed by atoms with Crippen LogP contribution in [0.3, 0.4) is 0 Å². The number of aryl methyl sites for hydroxylation is 1. The van der Waals surface area contributed by atoms with Gasteiger partial charge in [0.15, 0.2) is 0 Å². The van der Waals surface area contributed by atoms with E-state index in [-0.39, 0.29) is 5.91 Å². The molecule has 21 heavy (non-hydrogen) atoms. The first-order valence-electron chi connectivity index (χ1n) is 7.48. The van der Waals surface area contributed by atoms with Crippen molar-refractivity contribution >= 4 is 17.5 Å². The Bertz CT molecular complexity index is 485. The summed E-state index contributed by atoms with van der Waals surface area (Å²) in [5, 5.41) is 3.53. The predicted octanol–water partition coefficient (Wildman–Crippen LogP) is 2.66. The minimum absolute atomic E-state index is 0.0935. The Labute approximate surface area is 131 Å². The van der Waals surface area contributed by atoms with Crippen LogP contribution >= 0.6 is 11.6 Å². The number of carbonyl (C=O) groups excluding carboxylic acids is 1. The molecule has 2 rings (SSSR count). The Kier molecular flexibility index (Phi) is 6.03. The van der Waals surface area contributed by atoms with Gasteiger partial charge in [0.05, 0.1) is 12.7 Å². The molecule has 0 bridgehead atoms. The highest BCUT2D eigenvalue weighted by atomic mass is 35.5. The number of rotatable bonds is 5. The second kappa shape index (κ2) is 7.78. The Morgan fingerprint density at radius 2 is 2.10 bits per heavy atom. The molecule has 0 aliphatic heterocycles. The van der Waals surface area contributed by atoms with Crippen LogP contribution in [-0.2, 0) is 4.74 Å². The van der Waals surface area contributed by atoms with Crippen LogP contribution in [0.4, 0.5) is 0 Å². The second-order valence-electron chi connectivity index (χ2n) is 5.63. The average Bonchev–Trinajstić information content (AvgIpc) is 2.48. The molecule has 0 spiro atoms. The normalized spacial score (nSPS) is 22.0. The van der Waals surface area contributed by atoms with Crippen LogP contribution < -0.4 is 11.1 Å². The van der Waals surface area contributed by atoms with E-state index in [0.29, 0.717) is 35.9 Å². The highest BCUT2D eigenvalue weighted by Gasteiger charge is 2.18. The summed E-state index contributed by atoms with van der Waals surface area (Å²) < 4.78 is 5.77. The number of halogens is 1. The van der Waals surface area contributed by atoms with E-state index < -0.39 is 0 Å². The first kappa shape index (κ1) is 16.3. The van der Waals surface area contributed by atoms with Gasteiger partial charge in [-0.15, -0.1) is 0 Å². The molecule has 0 radical (unpaired) electrons. The predicted molar refractivity (Wildman–Crippen MR) is 84.7 cm³/mol. The van der Waals surface area contributed by atoms with E-state index in [1.807, 2.05) is 6.92 Å². The highest BCUT2D eigenvalue weighted by molar-refractivity contribution is 6.31. The molecule has 0 unspecified atom stereocenters. The quantitative estimate of drug-likeness (QED) is 0.822. The van der Waals surface area contributed by atoms with Crippen molar-refractivity contribution in [3.63, 3.8) is 0 Å². The minimum Gasteiger partial charge on any atom is -0.376 e. The van der Waals surface area contributed by atoms with Gasteiger partial charge >= 0.3 is 0 Å². The van der Waals surface area contributed by atoms with Crippen molar-refractivity contribution in [3.05, 3.63) is 34.3 Å². The molecule has 0 atom stereocenters. The molecule has 4 nitrogen and oxygen atoms in total. The zero-order valence-corrected chi connectivity index (χ0v) is 13.2. The van der Waals surface area contributed by atoms with Crippen molar-refractivity contribution in [1.29, 1.82) is 0 Å². The van der Waals surface area contributed by atoms with Crippen molar-refractivity contribution in [2.75, 3.05) is 13.2 Å². The number of carbonyl (C=O) groups is 1. The molecule has 1 fully saturated rings. The second-order valence-corrected chi connectivity index (χ2v) is 6.03. The Hall–Kier alpha value is -1.10. The maximum atomic E-state index is 12.0. The lowest BCUT2D eigenvalue weighted by Gasteiger charge is -2.26. The van der Waals surface area contributed by atoms with Gasteiger partial charge in [0.2, 0.25) is 0 Å². The van der Waals surface area contributed by atoms with Gasteiger partial charge in [-0.25, -0.2) is 0 Å². The SMILES string of the molecule is Cc1cc(C(=O)NCCOC2CCC(N)CC2)ccc1Cl. The lowest BCUT2D eigenvalue weighted by Crippen LogP contribution is -2.33. The van der Waals surface area contributed by atoms with Crippen LogP contribution in [0, 0.1) is 6.92 Å². The van der Waals surface area contributed by atoms with E-state index in [2.05, 4.69) is 5.32 Å². The summed E-state index contributed by atoms with van der Waals surface area (Å²) in [6, 6.07) is 5.60. The molecule has 1 amide bonds. The third-order valence-corrected chi connectivity index (χ3v) is 4.30. The van der Waals surface area contributed by atoms with Crippen LogP contribution in [0.5, 0.6) is 0 Å². The van der Waals surface area contributed by atoms with Gasteiger partial charge in [0.1, 0.15) is 0 Å². The maximum absolute atomic E-state index is 12.0. The minimum atomic E-state index is -0.0935. The molecule has 1 aliphatic rings. The van der Waals surface area contributed by atoms with E-state index in [9.17, 15) is 4.79 Å². The molecule has 1 aromatic carbocycles. The van der Waals surface area contributed by atoms with Crippen LogP contribution in [0.1, 0.15) is 41.6 Å². The van der Waals surface area contributed by atoms with Crippen molar-refractivity contribution in [3.8, 4) is 0 Å². The first-order valence-corrected chi connectivity index (χ1v) is 7.85. The molecule has 5 heteroatoms. The standard InChI is InChI=1S/C16H23ClN2O2/c1-11-10-12(2-7-15(11)17)16(20)19-8-9-21-14-5-3-13(18)4-6-14/h2,7,10,13-14H,3-6,8-9,18H2,1H3,(H,19,20). The Morgan fingerprint density at radius 3 is 2.76 bits per heavy atom. The van der Waals surface area contributed by atoms with Crippen LogP contribution in [0.25, 0.3) is 0 Å². The largest absolute Gasteiger partial charge is 0.376 e. The van der Waals surface area contributed by atoms with Crippen LogP contribution in [0.2, 0.25) is 5.02 Å². The third kappa shape index (κ3) is 4.99. The van der Waals surface area contributed by atoms with Gasteiger partial charge in [-0.3, -0.25) is 4.79 Å². The lowest BCUT2D eigenvalue weighted by molar-refractivity contribution is 0.0267. The summed E-state index contributed by atoms with van der Waals surface area (Å²) in [4.78, 5) is 12.0. The summed E-state index contributed by atoms with van der Waals surface area (Å²) in [6.45, 7) is 2.94. The molecule has 0 heterocycles. The molecular formula is C16H23ClN2O2. The van der Waals surface area contributed by atoms with Crippen molar-refractivity contribution in [2.24, 2.45) is 5.73 Å². The van der Waals surface area contributed by atoms with E-state index in [1.165, 1.54) is 0 Å². The summed E-state index contributed by atoms with van der Waals surface area (Å²) in [7, 11) is 0. The monoisotopic (exact) mass is 310 g/mol. The number of hydrogen-bond acceptors (Lipinski definition) is 3. The molecule has 1 saturated carbocycles. The number of ether oxygens (including phenoxy) is 1. The van der Waals surface area contributed by atoms with Gasteiger partial charge in [-0.2, -0.15) is 0 Å². The zero-order valence-electron chi connectivity index (χ0n) is 12.4. The molecule has 1 aliphatic carbocycles. The number of nitrogens with one attached hydrogen (secondary N) is 1. The number of nitrogens with two attached hydrogens (primary N) is 1. The van der Waals surface area contributed by atoms with E-state index in [4.69, 9.17) is 22.1 Å². The Morgan fingerprint density at radius 1 is 1.38 bits per heavy atom. The number of amides is 1. The molecule has 0 aromatic heterocycles. The fourth-order valence-corrected chi connectivity index (χ4v) is 2.65. The van der Waals surface area contributed by atoms with E-state index in [0.717, 1.165) is 31.2 Å². The smallest absolute Gasteiger partial charge is 0.251 e. The van der Waals surface area contributed by atoms with Gasteiger partial charge in [0.25, 0.3) is 5.91 Å². The summed E-state index contributed by atoms with van der Waals surface area (Å²) in [6.07, 6.45) is 4.39. The topological polar surface area (TPSA) is 64.3 Å². The molecule has 3 N–H and O–H groups in total. The van der Waals surface area contributed by atoms with Crippen molar-refractivity contribution < 1.29 is 9.53 Å². The summed E-state index contributed by atoms with van der Waals surface area (Å²) in [5.74, 6) is -0.0935. The molecule has 116 valence electrons. The summed E-state index contributed by atoms with van der Waals surface area (Å²) >= 11 is 5.95. The Balaban J connectivity index is 1.68. The fraction of sp³-hybridized carbons (Fsp3) is 0.562. The van der Waals surface area contributed by atoms with Gasteiger partial charge in [-0.1, -0.05) is 11.6 Å². The zero-order chi connectivity index (χ0) is 15.2. The van der Waals surface area contributed by atoms with E-state index in [1.54, 1.807) is 18.2 Å². The average molecular weight is 311 g/mol. The highest BCUT2D eigenvalue weighted by Crippen LogP contribution is 2.19. The summed E-state index contributed by atoms with van der Waals surface area (Å²) in [5.41, 5.74) is 7.38. The van der Waals surface area contributed by atoms with Gasteiger partial charge < -0.3 is 15.8 Å². The lowest BCUT2D eigenvalue weighted by atomic mass is 9.94. The van der Waals surface area contributed by atoms with Gasteiger partial charge in [0, 0.05) is 23.2 Å². The molecule has 0 saturated heterocycles. The van der Waals surface area contributed by atoms with Crippen molar-refractivity contribution in [2.45, 2.75) is 44.8 Å². The van der Waals surface area contributed by atoms with Crippen molar-refractivity contribution in [1.82, 2.24) is 5.32 Å². The van der Waals surface area contributed by atoms with Gasteiger partial charge in [-0.05, 0) is 56.4 Å². The number of hydrogen-bond donors (Lipinski definition) is 2. The molecular weight excluding hydrogens is 288 g/mol.